The van der Waals surface area contributed by atoms with Gasteiger partial charge in [0.15, 0.2) is 5.82 Å². The molecule has 0 spiro atoms. The molecule has 2 aromatic heterocycles. The van der Waals surface area contributed by atoms with E-state index in [1.165, 1.54) is 16.4 Å². The Bertz CT molecular complexity index is 1330. The van der Waals surface area contributed by atoms with E-state index in [-0.39, 0.29) is 22.5 Å². The van der Waals surface area contributed by atoms with Gasteiger partial charge in [0.2, 0.25) is 10.0 Å². The van der Waals surface area contributed by atoms with E-state index < -0.39 is 10.0 Å². The highest BCUT2D eigenvalue weighted by Crippen LogP contribution is 2.43. The van der Waals surface area contributed by atoms with Crippen molar-refractivity contribution in [2.75, 3.05) is 12.4 Å². The average molecular weight is 455 g/mol. The van der Waals surface area contributed by atoms with Crippen LogP contribution in [0.5, 0.6) is 0 Å². The Morgan fingerprint density at radius 2 is 1.97 bits per heavy atom. The number of pyridine rings is 1. The number of fused-ring (bicyclic) bond motifs is 1. The molecule has 168 valence electrons. The van der Waals surface area contributed by atoms with Crippen molar-refractivity contribution in [1.29, 1.82) is 5.26 Å². The third-order valence-corrected chi connectivity index (χ3v) is 7.98. The second-order valence-corrected chi connectivity index (χ2v) is 10.4. The van der Waals surface area contributed by atoms with E-state index in [1.54, 1.807) is 36.1 Å². The van der Waals surface area contributed by atoms with Crippen LogP contribution >= 0.6 is 0 Å². The van der Waals surface area contributed by atoms with Crippen LogP contribution in [0.15, 0.2) is 46.2 Å². The van der Waals surface area contributed by atoms with Crippen molar-refractivity contribution in [2.24, 2.45) is 5.92 Å². The van der Waals surface area contributed by atoms with Gasteiger partial charge in [0.05, 0.1) is 28.9 Å². The highest BCUT2D eigenvalue weighted by Gasteiger charge is 2.34. The number of nitrogens with one attached hydrogen (secondary N) is 2. The number of hydrogen-bond acceptors (Lipinski definition) is 6. The van der Waals surface area contributed by atoms with Gasteiger partial charge in [0.25, 0.3) is 5.56 Å². The Kier molecular flexibility index (Phi) is 5.79. The molecule has 2 N–H and O–H groups in total. The van der Waals surface area contributed by atoms with Gasteiger partial charge < -0.3 is 10.3 Å². The van der Waals surface area contributed by atoms with Crippen LogP contribution in [0, 0.1) is 17.2 Å². The lowest BCUT2D eigenvalue weighted by Crippen LogP contribution is -2.32. The fourth-order valence-corrected chi connectivity index (χ4v) is 5.13. The molecule has 3 aromatic rings. The number of sulfonamides is 1. The van der Waals surface area contributed by atoms with E-state index in [4.69, 9.17) is 0 Å². The molecule has 0 saturated heterocycles. The maximum atomic E-state index is 12.7. The number of hydrogen-bond donors (Lipinski definition) is 2. The fraction of sp³-hybridized carbons (Fsp3) is 0.409. The van der Waals surface area contributed by atoms with Gasteiger partial charge in [-0.1, -0.05) is 0 Å². The largest absolute Gasteiger partial charge is 0.338 e. The van der Waals surface area contributed by atoms with Crippen molar-refractivity contribution >= 4 is 32.4 Å². The molecule has 1 saturated carbocycles. The van der Waals surface area contributed by atoms with E-state index in [9.17, 15) is 18.5 Å². The standard InChI is InChI=1S/C22H26N6O3S/c1-14(2)27(3)32(30,31)17-8-6-16(7-9-17)25-21-20-19(11-13-24-22(20)29)28(26-21)18(10-12-23)15-4-5-15/h6-9,11,13-15,18H,4-5,10H2,1-3H3,(H,24,29)(H,25,26). The van der Waals surface area contributed by atoms with Gasteiger partial charge in [-0.2, -0.15) is 14.7 Å². The number of aromatic nitrogens is 3. The molecule has 4 rings (SSSR count). The highest BCUT2D eigenvalue weighted by molar-refractivity contribution is 7.89. The van der Waals surface area contributed by atoms with Gasteiger partial charge in [-0.15, -0.1) is 0 Å². The summed E-state index contributed by atoms with van der Waals surface area (Å²) >= 11 is 0. The zero-order chi connectivity index (χ0) is 23.0. The summed E-state index contributed by atoms with van der Waals surface area (Å²) in [5, 5.41) is 17.5. The normalized spacial score (nSPS) is 15.2. The van der Waals surface area contributed by atoms with E-state index in [2.05, 4.69) is 21.5 Å². The van der Waals surface area contributed by atoms with Crippen LogP contribution < -0.4 is 10.9 Å². The molecule has 10 heteroatoms. The Labute approximate surface area is 186 Å². The Morgan fingerprint density at radius 1 is 1.28 bits per heavy atom. The molecule has 0 radical (unpaired) electrons. The molecule has 0 amide bonds. The zero-order valence-electron chi connectivity index (χ0n) is 18.2. The minimum atomic E-state index is -3.59. The molecule has 32 heavy (non-hydrogen) atoms. The summed E-state index contributed by atoms with van der Waals surface area (Å²) in [5.41, 5.74) is 0.996. The first-order chi connectivity index (χ1) is 15.2. The molecule has 1 fully saturated rings. The number of rotatable bonds is 8. The van der Waals surface area contributed by atoms with Crippen molar-refractivity contribution in [1.82, 2.24) is 19.1 Å². The molecular weight excluding hydrogens is 428 g/mol. The lowest BCUT2D eigenvalue weighted by Gasteiger charge is -2.21. The van der Waals surface area contributed by atoms with E-state index in [0.717, 1.165) is 12.8 Å². The Morgan fingerprint density at radius 3 is 2.56 bits per heavy atom. The fourth-order valence-electron chi connectivity index (χ4n) is 3.76. The summed E-state index contributed by atoms with van der Waals surface area (Å²) in [6, 6.07) is 10.1. The maximum absolute atomic E-state index is 12.7. The average Bonchev–Trinajstić information content (AvgIpc) is 3.54. The molecule has 1 aliphatic carbocycles. The van der Waals surface area contributed by atoms with Gasteiger partial charge in [-0.05, 0) is 62.9 Å². The summed E-state index contributed by atoms with van der Waals surface area (Å²) < 4.78 is 28.5. The third-order valence-electron chi connectivity index (χ3n) is 5.93. The van der Waals surface area contributed by atoms with Crippen molar-refractivity contribution in [3.05, 3.63) is 46.9 Å². The van der Waals surface area contributed by atoms with Crippen LogP contribution in [0.1, 0.15) is 39.2 Å². The maximum Gasteiger partial charge on any atom is 0.261 e. The molecule has 0 aliphatic heterocycles. The van der Waals surface area contributed by atoms with Crippen LogP contribution in [0.25, 0.3) is 10.9 Å². The van der Waals surface area contributed by atoms with Gasteiger partial charge in [-0.3, -0.25) is 9.48 Å². The SMILES string of the molecule is CC(C)N(C)S(=O)(=O)c1ccc(Nc2nn(C(CC#N)C3CC3)c3cc[nH]c(=O)c23)cc1. The number of benzene rings is 1. The minimum Gasteiger partial charge on any atom is -0.338 e. The van der Waals surface area contributed by atoms with Crippen molar-refractivity contribution in [3.63, 3.8) is 0 Å². The Hall–Kier alpha value is -3.16. The molecule has 9 nitrogen and oxygen atoms in total. The summed E-state index contributed by atoms with van der Waals surface area (Å²) in [5.74, 6) is 0.757. The summed E-state index contributed by atoms with van der Waals surface area (Å²) in [6.45, 7) is 3.63. The predicted octanol–water partition coefficient (Wildman–Crippen LogP) is 3.36. The summed E-state index contributed by atoms with van der Waals surface area (Å²) in [6.07, 6.45) is 3.98. The highest BCUT2D eigenvalue weighted by atomic mass is 32.2. The number of nitrogens with zero attached hydrogens (tertiary/aromatic N) is 4. The van der Waals surface area contributed by atoms with Crippen LogP contribution in [0.3, 0.4) is 0 Å². The topological polar surface area (TPSA) is 124 Å². The van der Waals surface area contributed by atoms with E-state index >= 15 is 0 Å². The first-order valence-corrected chi connectivity index (χ1v) is 12.0. The molecule has 1 atom stereocenters. The number of aromatic amines is 1. The van der Waals surface area contributed by atoms with E-state index in [1.807, 2.05) is 13.8 Å². The third kappa shape index (κ3) is 4.01. The lowest BCUT2D eigenvalue weighted by atomic mass is 10.1. The van der Waals surface area contributed by atoms with E-state index in [0.29, 0.717) is 34.7 Å². The number of nitriles is 1. The zero-order valence-corrected chi connectivity index (χ0v) is 19.1. The van der Waals surface area contributed by atoms with Crippen LogP contribution in [0.2, 0.25) is 0 Å². The van der Waals surface area contributed by atoms with Crippen LogP contribution in [-0.2, 0) is 10.0 Å². The summed E-state index contributed by atoms with van der Waals surface area (Å²) in [4.78, 5) is 15.5. The van der Waals surface area contributed by atoms with Crippen molar-refractivity contribution < 1.29 is 8.42 Å². The molecule has 0 bridgehead atoms. The first kappa shape index (κ1) is 22.0. The summed E-state index contributed by atoms with van der Waals surface area (Å²) in [7, 11) is -2.03. The molecule has 1 aliphatic rings. The predicted molar refractivity (Wildman–Crippen MR) is 122 cm³/mol. The number of anilines is 2. The lowest BCUT2D eigenvalue weighted by molar-refractivity contribution is 0.410. The van der Waals surface area contributed by atoms with Gasteiger partial charge in [0, 0.05) is 25.0 Å². The minimum absolute atomic E-state index is 0.0843. The monoisotopic (exact) mass is 454 g/mol. The van der Waals surface area contributed by atoms with Crippen LogP contribution in [0.4, 0.5) is 11.5 Å². The quantitative estimate of drug-likeness (QED) is 0.538. The second-order valence-electron chi connectivity index (χ2n) is 8.39. The first-order valence-electron chi connectivity index (χ1n) is 10.6. The molecular formula is C22H26N6O3S. The number of H-pyrrole nitrogens is 1. The molecule has 1 unspecified atom stereocenters. The van der Waals surface area contributed by atoms with Gasteiger partial charge in [0.1, 0.15) is 5.39 Å². The molecule has 2 heterocycles. The smallest absolute Gasteiger partial charge is 0.261 e. The van der Waals surface area contributed by atoms with Gasteiger partial charge in [-0.25, -0.2) is 8.42 Å². The van der Waals surface area contributed by atoms with Crippen molar-refractivity contribution in [3.8, 4) is 6.07 Å². The van der Waals surface area contributed by atoms with Crippen LogP contribution in [-0.4, -0.2) is 40.6 Å². The molecule has 1 aromatic carbocycles. The van der Waals surface area contributed by atoms with Crippen molar-refractivity contribution in [2.45, 2.75) is 50.1 Å². The van der Waals surface area contributed by atoms with Gasteiger partial charge >= 0.3 is 0 Å². The second kappa shape index (κ2) is 8.41. The Balaban J connectivity index is 1.69.